The largest absolute Gasteiger partial charge is 0.325 e. The molecule has 0 bridgehead atoms. The number of hydrogen-bond donors (Lipinski definition) is 1. The minimum atomic E-state index is -0.322. The first kappa shape index (κ1) is 12.1. The zero-order chi connectivity index (χ0) is 13.1. The van der Waals surface area contributed by atoms with Crippen LogP contribution >= 0.6 is 0 Å². The summed E-state index contributed by atoms with van der Waals surface area (Å²) < 4.78 is 0. The highest BCUT2D eigenvalue weighted by atomic mass is 16.2. The Kier molecular flexibility index (Phi) is 3.28. The van der Waals surface area contributed by atoms with Gasteiger partial charge >= 0.3 is 0 Å². The van der Waals surface area contributed by atoms with Crippen LogP contribution < -0.4 is 10.2 Å². The SMILES string of the molecule is CN1C(=O)CCc2cc(NC(=O)CC#N)ccc21. The summed E-state index contributed by atoms with van der Waals surface area (Å²) in [5, 5.41) is 11.1. The van der Waals surface area contributed by atoms with Crippen LogP contribution in [0.1, 0.15) is 18.4 Å². The Morgan fingerprint density at radius 2 is 2.28 bits per heavy atom. The monoisotopic (exact) mass is 243 g/mol. The number of amides is 2. The lowest BCUT2D eigenvalue weighted by molar-refractivity contribution is -0.118. The molecule has 1 aromatic carbocycles. The minimum absolute atomic E-state index is 0.101. The van der Waals surface area contributed by atoms with Gasteiger partial charge in [0.05, 0.1) is 6.07 Å². The van der Waals surface area contributed by atoms with Gasteiger partial charge in [0.15, 0.2) is 0 Å². The van der Waals surface area contributed by atoms with Crippen LogP contribution in [0.25, 0.3) is 0 Å². The van der Waals surface area contributed by atoms with E-state index in [2.05, 4.69) is 5.32 Å². The lowest BCUT2D eigenvalue weighted by Crippen LogP contribution is -2.31. The summed E-state index contributed by atoms with van der Waals surface area (Å²) >= 11 is 0. The quantitative estimate of drug-likeness (QED) is 0.854. The Labute approximate surface area is 105 Å². The molecule has 0 saturated carbocycles. The summed E-state index contributed by atoms with van der Waals surface area (Å²) in [6.07, 6.45) is 1.01. The Bertz CT molecular complexity index is 546. The van der Waals surface area contributed by atoms with E-state index in [0.29, 0.717) is 18.5 Å². The van der Waals surface area contributed by atoms with E-state index in [1.807, 2.05) is 12.1 Å². The van der Waals surface area contributed by atoms with Gasteiger partial charge in [-0.15, -0.1) is 0 Å². The third-order valence-corrected chi connectivity index (χ3v) is 2.95. The van der Waals surface area contributed by atoms with Crippen LogP contribution in [-0.4, -0.2) is 18.9 Å². The molecule has 0 aliphatic carbocycles. The van der Waals surface area contributed by atoms with E-state index in [1.54, 1.807) is 24.1 Å². The molecule has 1 aliphatic heterocycles. The summed E-state index contributed by atoms with van der Waals surface area (Å²) in [6, 6.07) is 7.21. The minimum Gasteiger partial charge on any atom is -0.325 e. The number of carbonyl (C=O) groups is 2. The van der Waals surface area contributed by atoms with E-state index in [0.717, 1.165) is 11.3 Å². The molecule has 18 heavy (non-hydrogen) atoms. The fraction of sp³-hybridized carbons (Fsp3) is 0.308. The van der Waals surface area contributed by atoms with Crippen molar-refractivity contribution in [1.82, 2.24) is 0 Å². The van der Waals surface area contributed by atoms with E-state index in [4.69, 9.17) is 5.26 Å². The lowest BCUT2D eigenvalue weighted by atomic mass is 10.0. The molecule has 2 amide bonds. The van der Waals surface area contributed by atoms with Crippen molar-refractivity contribution in [3.05, 3.63) is 23.8 Å². The van der Waals surface area contributed by atoms with E-state index < -0.39 is 0 Å². The maximum absolute atomic E-state index is 11.5. The van der Waals surface area contributed by atoms with E-state index in [-0.39, 0.29) is 18.2 Å². The Hall–Kier alpha value is -2.35. The summed E-state index contributed by atoms with van der Waals surface area (Å²) in [5.41, 5.74) is 2.58. The number of nitriles is 1. The zero-order valence-corrected chi connectivity index (χ0v) is 10.1. The van der Waals surface area contributed by atoms with Gasteiger partial charge in [0, 0.05) is 24.8 Å². The highest BCUT2D eigenvalue weighted by Gasteiger charge is 2.20. The molecule has 1 heterocycles. The third kappa shape index (κ3) is 2.33. The van der Waals surface area contributed by atoms with Gasteiger partial charge in [0.1, 0.15) is 6.42 Å². The molecule has 0 atom stereocenters. The topological polar surface area (TPSA) is 73.2 Å². The highest BCUT2D eigenvalue weighted by Crippen LogP contribution is 2.29. The standard InChI is InChI=1S/C13H13N3O2/c1-16-11-4-3-10(15-12(17)6-7-14)8-9(11)2-5-13(16)18/h3-4,8H,2,5-6H2,1H3,(H,15,17). The normalized spacial score (nSPS) is 13.8. The van der Waals surface area contributed by atoms with Gasteiger partial charge in [-0.05, 0) is 30.2 Å². The lowest BCUT2D eigenvalue weighted by Gasteiger charge is -2.26. The molecule has 5 nitrogen and oxygen atoms in total. The van der Waals surface area contributed by atoms with Crippen molar-refractivity contribution in [3.8, 4) is 6.07 Å². The van der Waals surface area contributed by atoms with Crippen LogP contribution in [0.5, 0.6) is 0 Å². The number of rotatable bonds is 2. The molecule has 0 radical (unpaired) electrons. The average Bonchev–Trinajstić information content (AvgIpc) is 2.34. The Balaban J connectivity index is 2.21. The molecular formula is C13H13N3O2. The first-order valence-electron chi connectivity index (χ1n) is 5.68. The molecule has 2 rings (SSSR count). The number of nitrogens with one attached hydrogen (secondary N) is 1. The molecule has 0 saturated heterocycles. The summed E-state index contributed by atoms with van der Waals surface area (Å²) in [4.78, 5) is 24.4. The smallest absolute Gasteiger partial charge is 0.238 e. The van der Waals surface area contributed by atoms with Gasteiger partial charge < -0.3 is 10.2 Å². The number of benzene rings is 1. The molecule has 1 aromatic rings. The van der Waals surface area contributed by atoms with E-state index >= 15 is 0 Å². The number of hydrogen-bond acceptors (Lipinski definition) is 3. The number of aryl methyl sites for hydroxylation is 1. The fourth-order valence-electron chi connectivity index (χ4n) is 2.01. The summed E-state index contributed by atoms with van der Waals surface area (Å²) in [7, 11) is 1.74. The maximum atomic E-state index is 11.5. The van der Waals surface area contributed by atoms with Crippen molar-refractivity contribution in [3.63, 3.8) is 0 Å². The molecule has 5 heteroatoms. The first-order valence-corrected chi connectivity index (χ1v) is 5.68. The third-order valence-electron chi connectivity index (χ3n) is 2.95. The highest BCUT2D eigenvalue weighted by molar-refractivity contribution is 5.97. The average molecular weight is 243 g/mol. The van der Waals surface area contributed by atoms with Gasteiger partial charge in [-0.1, -0.05) is 0 Å². The summed E-state index contributed by atoms with van der Waals surface area (Å²) in [5.74, 6) is -0.221. The molecule has 1 aliphatic rings. The van der Waals surface area contributed by atoms with Crippen LogP contribution in [-0.2, 0) is 16.0 Å². The summed E-state index contributed by atoms with van der Waals surface area (Å²) in [6.45, 7) is 0. The first-order chi connectivity index (χ1) is 8.61. The Morgan fingerprint density at radius 1 is 1.50 bits per heavy atom. The number of anilines is 2. The van der Waals surface area contributed by atoms with Crippen LogP contribution in [0, 0.1) is 11.3 Å². The van der Waals surface area contributed by atoms with Gasteiger partial charge in [-0.2, -0.15) is 5.26 Å². The van der Waals surface area contributed by atoms with Gasteiger partial charge in [0.2, 0.25) is 11.8 Å². The van der Waals surface area contributed by atoms with Crippen LogP contribution in [0.2, 0.25) is 0 Å². The van der Waals surface area contributed by atoms with Gasteiger partial charge in [-0.25, -0.2) is 0 Å². The number of carbonyl (C=O) groups excluding carboxylic acids is 2. The van der Waals surface area contributed by atoms with Crippen molar-refractivity contribution in [2.24, 2.45) is 0 Å². The van der Waals surface area contributed by atoms with Crippen molar-refractivity contribution < 1.29 is 9.59 Å². The number of nitrogens with zero attached hydrogens (tertiary/aromatic N) is 2. The second kappa shape index (κ2) is 4.88. The maximum Gasteiger partial charge on any atom is 0.238 e. The molecule has 92 valence electrons. The molecule has 0 fully saturated rings. The van der Waals surface area contributed by atoms with E-state index in [9.17, 15) is 9.59 Å². The van der Waals surface area contributed by atoms with Gasteiger partial charge in [0.25, 0.3) is 0 Å². The molecule has 0 spiro atoms. The molecular weight excluding hydrogens is 230 g/mol. The Morgan fingerprint density at radius 3 is 3.00 bits per heavy atom. The van der Waals surface area contributed by atoms with Crippen molar-refractivity contribution in [2.75, 3.05) is 17.3 Å². The van der Waals surface area contributed by atoms with Gasteiger partial charge in [-0.3, -0.25) is 9.59 Å². The van der Waals surface area contributed by atoms with Crippen LogP contribution in [0.4, 0.5) is 11.4 Å². The van der Waals surface area contributed by atoms with Crippen LogP contribution in [0.3, 0.4) is 0 Å². The molecule has 1 N–H and O–H groups in total. The number of fused-ring (bicyclic) bond motifs is 1. The van der Waals surface area contributed by atoms with Crippen LogP contribution in [0.15, 0.2) is 18.2 Å². The zero-order valence-electron chi connectivity index (χ0n) is 10.1. The van der Waals surface area contributed by atoms with Crippen molar-refractivity contribution in [2.45, 2.75) is 19.3 Å². The molecule has 0 unspecified atom stereocenters. The molecule has 0 aromatic heterocycles. The van der Waals surface area contributed by atoms with Crippen molar-refractivity contribution in [1.29, 1.82) is 5.26 Å². The predicted octanol–water partition coefficient (Wildman–Crippen LogP) is 1.45. The van der Waals surface area contributed by atoms with E-state index in [1.165, 1.54) is 0 Å². The second-order valence-electron chi connectivity index (χ2n) is 4.18. The second-order valence-corrected chi connectivity index (χ2v) is 4.18. The van der Waals surface area contributed by atoms with Crippen molar-refractivity contribution >= 4 is 23.2 Å². The predicted molar refractivity (Wildman–Crippen MR) is 67.0 cm³/mol. The fourth-order valence-corrected chi connectivity index (χ4v) is 2.01.